The maximum absolute atomic E-state index is 12.5. The van der Waals surface area contributed by atoms with Crippen LogP contribution in [-0.4, -0.2) is 45.2 Å². The van der Waals surface area contributed by atoms with E-state index in [0.717, 1.165) is 50.7 Å². The molecule has 0 radical (unpaired) electrons. The molecule has 0 saturated heterocycles. The normalized spacial score (nSPS) is 15.5. The molecule has 2 heterocycles. The summed E-state index contributed by atoms with van der Waals surface area (Å²) in [4.78, 5) is 15.0. The molecule has 0 saturated carbocycles. The number of carbonyl (C=O) groups excluding carboxylic acids is 1. The summed E-state index contributed by atoms with van der Waals surface area (Å²) in [6.45, 7) is 7.85. The van der Waals surface area contributed by atoms with Gasteiger partial charge >= 0.3 is 0 Å². The fourth-order valence-corrected chi connectivity index (χ4v) is 4.38. The van der Waals surface area contributed by atoms with E-state index in [1.54, 1.807) is 0 Å². The Hall–Kier alpha value is -3.25. The molecule has 6 heteroatoms. The van der Waals surface area contributed by atoms with Gasteiger partial charge in [0, 0.05) is 39.0 Å². The standard InChI is InChI=1S/C27H33N5O/c1-21(19-24-11-7-4-8-12-24)20-31-16-15-25-29-30-27(32(25)18-17-31)22(2)28-26(33)14-13-23-9-5-3-6-10-23/h3-12,19,22H,13-18,20H2,1-2H3,(H,28,33)/b21-19+/t22-/m1/s1. The third kappa shape index (κ3) is 6.39. The Labute approximate surface area is 196 Å². The Kier molecular flexibility index (Phi) is 7.68. The average molecular weight is 444 g/mol. The van der Waals surface area contributed by atoms with Gasteiger partial charge in [-0.3, -0.25) is 9.69 Å². The van der Waals surface area contributed by atoms with E-state index in [1.807, 2.05) is 31.2 Å². The Balaban J connectivity index is 1.32. The molecule has 0 aliphatic carbocycles. The lowest BCUT2D eigenvalue weighted by Crippen LogP contribution is -2.31. The van der Waals surface area contributed by atoms with E-state index < -0.39 is 0 Å². The summed E-state index contributed by atoms with van der Waals surface area (Å²) in [5, 5.41) is 12.0. The average Bonchev–Trinajstić information content (AvgIpc) is 3.13. The summed E-state index contributed by atoms with van der Waals surface area (Å²) in [5.41, 5.74) is 3.76. The quantitative estimate of drug-likeness (QED) is 0.571. The summed E-state index contributed by atoms with van der Waals surface area (Å²) < 4.78 is 2.19. The number of nitrogens with zero attached hydrogens (tertiary/aromatic N) is 4. The zero-order valence-electron chi connectivity index (χ0n) is 19.6. The minimum Gasteiger partial charge on any atom is -0.346 e. The van der Waals surface area contributed by atoms with Gasteiger partial charge < -0.3 is 9.88 Å². The van der Waals surface area contributed by atoms with Gasteiger partial charge in [0.15, 0.2) is 5.82 Å². The van der Waals surface area contributed by atoms with Gasteiger partial charge in [0.1, 0.15) is 5.82 Å². The number of rotatable bonds is 8. The molecule has 1 amide bonds. The second-order valence-electron chi connectivity index (χ2n) is 8.83. The molecule has 6 nitrogen and oxygen atoms in total. The van der Waals surface area contributed by atoms with Crippen LogP contribution in [0.5, 0.6) is 0 Å². The molecule has 0 spiro atoms. The Morgan fingerprint density at radius 2 is 1.76 bits per heavy atom. The zero-order valence-corrected chi connectivity index (χ0v) is 19.6. The number of fused-ring (bicyclic) bond motifs is 1. The summed E-state index contributed by atoms with van der Waals surface area (Å²) in [6.07, 6.45) is 4.32. The van der Waals surface area contributed by atoms with Gasteiger partial charge in [-0.2, -0.15) is 0 Å². The van der Waals surface area contributed by atoms with Crippen LogP contribution in [0.3, 0.4) is 0 Å². The molecule has 4 rings (SSSR count). The molecule has 0 unspecified atom stereocenters. The first-order chi connectivity index (χ1) is 16.1. The van der Waals surface area contributed by atoms with E-state index in [0.29, 0.717) is 6.42 Å². The SMILES string of the molecule is C/C(=C\c1ccccc1)CN1CCc2nnc([C@@H](C)NC(=O)CCc3ccccc3)n2CC1. The maximum atomic E-state index is 12.5. The van der Waals surface area contributed by atoms with Crippen LogP contribution in [0.4, 0.5) is 0 Å². The van der Waals surface area contributed by atoms with Crippen LogP contribution >= 0.6 is 0 Å². The fourth-order valence-electron chi connectivity index (χ4n) is 4.38. The van der Waals surface area contributed by atoms with Crippen molar-refractivity contribution in [2.24, 2.45) is 0 Å². The van der Waals surface area contributed by atoms with Crippen molar-refractivity contribution in [2.45, 2.75) is 45.7 Å². The van der Waals surface area contributed by atoms with E-state index in [4.69, 9.17) is 0 Å². The number of hydrogen-bond donors (Lipinski definition) is 1. The van der Waals surface area contributed by atoms with Crippen LogP contribution in [0.2, 0.25) is 0 Å². The van der Waals surface area contributed by atoms with E-state index in [2.05, 4.69) is 74.4 Å². The Morgan fingerprint density at radius 1 is 1.03 bits per heavy atom. The minimum atomic E-state index is -0.166. The molecule has 33 heavy (non-hydrogen) atoms. The second kappa shape index (κ2) is 11.1. The third-order valence-electron chi connectivity index (χ3n) is 6.08. The van der Waals surface area contributed by atoms with Crippen LogP contribution in [-0.2, 0) is 24.2 Å². The van der Waals surface area contributed by atoms with Gasteiger partial charge in [0.2, 0.25) is 5.91 Å². The van der Waals surface area contributed by atoms with E-state index >= 15 is 0 Å². The van der Waals surface area contributed by atoms with E-state index in [9.17, 15) is 4.79 Å². The van der Waals surface area contributed by atoms with Crippen molar-refractivity contribution in [3.8, 4) is 0 Å². The van der Waals surface area contributed by atoms with E-state index in [1.165, 1.54) is 16.7 Å². The van der Waals surface area contributed by atoms with Crippen LogP contribution in [0.25, 0.3) is 6.08 Å². The highest BCUT2D eigenvalue weighted by Gasteiger charge is 2.22. The second-order valence-corrected chi connectivity index (χ2v) is 8.83. The van der Waals surface area contributed by atoms with Crippen LogP contribution in [0.1, 0.15) is 49.1 Å². The minimum absolute atomic E-state index is 0.0422. The molecule has 1 atom stereocenters. The first-order valence-electron chi connectivity index (χ1n) is 11.8. The molecule has 1 aliphatic heterocycles. The van der Waals surface area contributed by atoms with Crippen molar-refractivity contribution in [1.82, 2.24) is 25.0 Å². The summed E-state index contributed by atoms with van der Waals surface area (Å²) in [7, 11) is 0. The van der Waals surface area contributed by atoms with Crippen LogP contribution in [0.15, 0.2) is 66.2 Å². The lowest BCUT2D eigenvalue weighted by Gasteiger charge is -2.20. The predicted octanol–water partition coefficient (Wildman–Crippen LogP) is 4.05. The number of aryl methyl sites for hydroxylation is 1. The molecular formula is C27H33N5O. The van der Waals surface area contributed by atoms with Crippen molar-refractivity contribution in [1.29, 1.82) is 0 Å². The molecule has 2 aromatic carbocycles. The number of amides is 1. The molecule has 0 fully saturated rings. The van der Waals surface area contributed by atoms with Crippen molar-refractivity contribution in [2.75, 3.05) is 19.6 Å². The first kappa shape index (κ1) is 22.9. The number of carbonyl (C=O) groups is 1. The van der Waals surface area contributed by atoms with Gasteiger partial charge in [0.05, 0.1) is 6.04 Å². The molecule has 1 aliphatic rings. The van der Waals surface area contributed by atoms with Gasteiger partial charge in [-0.1, -0.05) is 72.3 Å². The number of benzene rings is 2. The molecule has 1 N–H and O–H groups in total. The lowest BCUT2D eigenvalue weighted by molar-refractivity contribution is -0.121. The Bertz CT molecular complexity index is 1070. The molecule has 172 valence electrons. The van der Waals surface area contributed by atoms with Gasteiger partial charge in [0.25, 0.3) is 0 Å². The van der Waals surface area contributed by atoms with Crippen molar-refractivity contribution in [3.05, 3.63) is 89.0 Å². The van der Waals surface area contributed by atoms with Crippen molar-refractivity contribution < 1.29 is 4.79 Å². The molecule has 3 aromatic rings. The van der Waals surface area contributed by atoms with Gasteiger partial charge in [-0.05, 0) is 31.4 Å². The summed E-state index contributed by atoms with van der Waals surface area (Å²) in [6, 6.07) is 20.4. The highest BCUT2D eigenvalue weighted by molar-refractivity contribution is 5.76. The number of hydrogen-bond acceptors (Lipinski definition) is 4. The van der Waals surface area contributed by atoms with Crippen LogP contribution in [0, 0.1) is 0 Å². The Morgan fingerprint density at radius 3 is 2.52 bits per heavy atom. The lowest BCUT2D eigenvalue weighted by atomic mass is 10.1. The predicted molar refractivity (Wildman–Crippen MR) is 132 cm³/mol. The van der Waals surface area contributed by atoms with Gasteiger partial charge in [-0.25, -0.2) is 0 Å². The fraction of sp³-hybridized carbons (Fsp3) is 0.370. The highest BCUT2D eigenvalue weighted by atomic mass is 16.1. The smallest absolute Gasteiger partial charge is 0.220 e. The molecule has 0 bridgehead atoms. The van der Waals surface area contributed by atoms with Crippen molar-refractivity contribution >= 4 is 12.0 Å². The largest absolute Gasteiger partial charge is 0.346 e. The molecule has 1 aromatic heterocycles. The topological polar surface area (TPSA) is 63.1 Å². The van der Waals surface area contributed by atoms with Crippen molar-refractivity contribution in [3.63, 3.8) is 0 Å². The zero-order chi connectivity index (χ0) is 23.0. The number of aromatic nitrogens is 3. The third-order valence-corrected chi connectivity index (χ3v) is 6.08. The summed E-state index contributed by atoms with van der Waals surface area (Å²) in [5.74, 6) is 1.89. The first-order valence-corrected chi connectivity index (χ1v) is 11.8. The van der Waals surface area contributed by atoms with Crippen LogP contribution < -0.4 is 5.32 Å². The maximum Gasteiger partial charge on any atom is 0.220 e. The highest BCUT2D eigenvalue weighted by Crippen LogP contribution is 2.17. The summed E-state index contributed by atoms with van der Waals surface area (Å²) >= 11 is 0. The molecular weight excluding hydrogens is 410 g/mol. The number of nitrogens with one attached hydrogen (secondary N) is 1. The van der Waals surface area contributed by atoms with E-state index in [-0.39, 0.29) is 11.9 Å². The van der Waals surface area contributed by atoms with Gasteiger partial charge in [-0.15, -0.1) is 10.2 Å². The monoisotopic (exact) mass is 443 g/mol.